The molecule has 0 amide bonds. The van der Waals surface area contributed by atoms with Crippen LogP contribution in [0.3, 0.4) is 0 Å². The van der Waals surface area contributed by atoms with Crippen molar-refractivity contribution in [1.29, 1.82) is 0 Å². The first-order valence-corrected chi connectivity index (χ1v) is 10.4. The van der Waals surface area contributed by atoms with E-state index in [4.69, 9.17) is 0 Å². The summed E-state index contributed by atoms with van der Waals surface area (Å²) in [5, 5.41) is 4.61. The summed E-state index contributed by atoms with van der Waals surface area (Å²) in [6.07, 6.45) is 3.93. The molecule has 0 unspecified atom stereocenters. The molecule has 158 valence electrons. The number of aryl methyl sites for hydroxylation is 1. The van der Waals surface area contributed by atoms with Gasteiger partial charge in [0.05, 0.1) is 12.7 Å². The van der Waals surface area contributed by atoms with Crippen LogP contribution >= 0.6 is 0 Å². The van der Waals surface area contributed by atoms with Gasteiger partial charge >= 0.3 is 0 Å². The number of hydrogen-bond donors (Lipinski definition) is 0. The van der Waals surface area contributed by atoms with E-state index in [-0.39, 0.29) is 11.2 Å². The van der Waals surface area contributed by atoms with Crippen LogP contribution in [0.15, 0.2) is 36.5 Å². The molecule has 30 heavy (non-hydrogen) atoms. The van der Waals surface area contributed by atoms with Crippen molar-refractivity contribution in [2.75, 3.05) is 18.0 Å². The van der Waals surface area contributed by atoms with Crippen LogP contribution in [0.1, 0.15) is 44.9 Å². The lowest BCUT2D eigenvalue weighted by Crippen LogP contribution is -2.38. The minimum absolute atomic E-state index is 0.259. The van der Waals surface area contributed by atoms with Gasteiger partial charge in [0.2, 0.25) is 0 Å². The SMILES string of the molecule is CCc1cc(-c2ncc(F)c(N3CCC(C)(C)CC3)n2)nn1Cc1ccccc1F. The molecule has 1 saturated heterocycles. The minimum Gasteiger partial charge on any atom is -0.354 e. The molecular weight excluding hydrogens is 384 g/mol. The number of benzene rings is 1. The maximum Gasteiger partial charge on any atom is 0.183 e. The Labute approximate surface area is 175 Å². The van der Waals surface area contributed by atoms with E-state index in [1.807, 2.05) is 24.0 Å². The third-order valence-corrected chi connectivity index (χ3v) is 5.87. The lowest BCUT2D eigenvalue weighted by atomic mass is 9.83. The summed E-state index contributed by atoms with van der Waals surface area (Å²) in [6.45, 7) is 8.35. The largest absolute Gasteiger partial charge is 0.354 e. The second-order valence-corrected chi connectivity index (χ2v) is 8.64. The second kappa shape index (κ2) is 8.13. The lowest BCUT2D eigenvalue weighted by molar-refractivity contribution is 0.278. The van der Waals surface area contributed by atoms with Gasteiger partial charge in [0.1, 0.15) is 11.5 Å². The van der Waals surface area contributed by atoms with Gasteiger partial charge in [-0.25, -0.2) is 18.7 Å². The Morgan fingerprint density at radius 1 is 1.07 bits per heavy atom. The van der Waals surface area contributed by atoms with Crippen LogP contribution in [0, 0.1) is 17.0 Å². The fraction of sp³-hybridized carbons (Fsp3) is 0.435. The molecular formula is C23H27F2N5. The van der Waals surface area contributed by atoms with E-state index in [1.165, 1.54) is 12.3 Å². The molecule has 0 aliphatic carbocycles. The summed E-state index contributed by atoms with van der Waals surface area (Å²) in [6, 6.07) is 8.58. The lowest BCUT2D eigenvalue weighted by Gasteiger charge is -2.37. The predicted molar refractivity (Wildman–Crippen MR) is 113 cm³/mol. The summed E-state index contributed by atoms with van der Waals surface area (Å²) in [7, 11) is 0. The van der Waals surface area contributed by atoms with Crippen LogP contribution in [-0.2, 0) is 13.0 Å². The summed E-state index contributed by atoms with van der Waals surface area (Å²) in [4.78, 5) is 10.7. The molecule has 0 spiro atoms. The van der Waals surface area contributed by atoms with Crippen molar-refractivity contribution >= 4 is 5.82 Å². The van der Waals surface area contributed by atoms with Crippen LogP contribution < -0.4 is 4.90 Å². The highest BCUT2D eigenvalue weighted by molar-refractivity contribution is 5.54. The Hall–Kier alpha value is -2.83. The number of piperidine rings is 1. The average Bonchev–Trinajstić information content (AvgIpc) is 3.13. The molecule has 1 aromatic carbocycles. The normalized spacial score (nSPS) is 16.1. The van der Waals surface area contributed by atoms with Crippen LogP contribution in [0.5, 0.6) is 0 Å². The third-order valence-electron chi connectivity index (χ3n) is 5.87. The van der Waals surface area contributed by atoms with Crippen molar-refractivity contribution in [3.8, 4) is 11.5 Å². The monoisotopic (exact) mass is 411 g/mol. The summed E-state index contributed by atoms with van der Waals surface area (Å²) >= 11 is 0. The number of hydrogen-bond acceptors (Lipinski definition) is 4. The number of halogens is 2. The van der Waals surface area contributed by atoms with Crippen LogP contribution in [0.4, 0.5) is 14.6 Å². The van der Waals surface area contributed by atoms with Crippen molar-refractivity contribution < 1.29 is 8.78 Å². The molecule has 0 saturated carbocycles. The molecule has 1 aliphatic rings. The van der Waals surface area contributed by atoms with Crippen LogP contribution in [-0.4, -0.2) is 32.8 Å². The van der Waals surface area contributed by atoms with Gasteiger partial charge in [-0.15, -0.1) is 0 Å². The van der Waals surface area contributed by atoms with E-state index in [0.717, 1.165) is 38.0 Å². The molecule has 5 nitrogen and oxygen atoms in total. The van der Waals surface area contributed by atoms with Gasteiger partial charge in [0, 0.05) is 24.3 Å². The molecule has 0 N–H and O–H groups in total. The topological polar surface area (TPSA) is 46.8 Å². The first-order chi connectivity index (χ1) is 14.4. The highest BCUT2D eigenvalue weighted by atomic mass is 19.1. The zero-order chi connectivity index (χ0) is 21.3. The summed E-state index contributed by atoms with van der Waals surface area (Å²) in [5.41, 5.74) is 2.35. The molecule has 0 atom stereocenters. The highest BCUT2D eigenvalue weighted by Crippen LogP contribution is 2.32. The Bertz CT molecular complexity index is 1030. The average molecular weight is 412 g/mol. The molecule has 7 heteroatoms. The molecule has 1 fully saturated rings. The van der Waals surface area contributed by atoms with Gasteiger partial charge in [-0.2, -0.15) is 5.10 Å². The van der Waals surface area contributed by atoms with E-state index in [2.05, 4.69) is 28.9 Å². The van der Waals surface area contributed by atoms with Crippen molar-refractivity contribution in [3.05, 3.63) is 59.4 Å². The molecule has 1 aliphatic heterocycles. The highest BCUT2D eigenvalue weighted by Gasteiger charge is 2.28. The first kappa shape index (κ1) is 20.4. The molecule has 4 rings (SSSR count). The Kier molecular flexibility index (Phi) is 5.54. The fourth-order valence-corrected chi connectivity index (χ4v) is 3.80. The number of nitrogens with zero attached hydrogens (tertiary/aromatic N) is 5. The number of anilines is 1. The molecule has 2 aromatic heterocycles. The molecule has 3 aromatic rings. The predicted octanol–water partition coefficient (Wildman–Crippen LogP) is 4.86. The van der Waals surface area contributed by atoms with Gasteiger partial charge in [0.25, 0.3) is 0 Å². The Morgan fingerprint density at radius 3 is 2.50 bits per heavy atom. The standard InChI is InChI=1S/C23H27F2N5/c1-4-17-13-20(28-30(17)15-16-7-5-6-8-18(16)24)21-26-14-19(25)22(27-21)29-11-9-23(2,3)10-12-29/h5-8,13-14H,4,9-12,15H2,1-3H3. The molecule has 0 bridgehead atoms. The Morgan fingerprint density at radius 2 is 1.80 bits per heavy atom. The van der Waals surface area contributed by atoms with Gasteiger partial charge in [-0.05, 0) is 36.8 Å². The van der Waals surface area contributed by atoms with Gasteiger partial charge in [-0.1, -0.05) is 39.0 Å². The maximum atomic E-state index is 14.5. The quantitative estimate of drug-likeness (QED) is 0.602. The van der Waals surface area contributed by atoms with E-state index in [0.29, 0.717) is 29.4 Å². The number of rotatable bonds is 5. The van der Waals surface area contributed by atoms with E-state index in [9.17, 15) is 8.78 Å². The minimum atomic E-state index is -0.417. The molecule has 0 radical (unpaired) electrons. The summed E-state index contributed by atoms with van der Waals surface area (Å²) < 4.78 is 30.4. The Balaban J connectivity index is 1.63. The third kappa shape index (κ3) is 4.20. The van der Waals surface area contributed by atoms with Crippen molar-refractivity contribution in [2.45, 2.75) is 46.6 Å². The maximum absolute atomic E-state index is 14.5. The van der Waals surface area contributed by atoms with E-state index >= 15 is 0 Å². The van der Waals surface area contributed by atoms with E-state index < -0.39 is 5.82 Å². The second-order valence-electron chi connectivity index (χ2n) is 8.64. The van der Waals surface area contributed by atoms with Crippen LogP contribution in [0.2, 0.25) is 0 Å². The van der Waals surface area contributed by atoms with Crippen molar-refractivity contribution in [3.63, 3.8) is 0 Å². The van der Waals surface area contributed by atoms with Crippen molar-refractivity contribution in [1.82, 2.24) is 19.7 Å². The van der Waals surface area contributed by atoms with E-state index in [1.54, 1.807) is 16.8 Å². The van der Waals surface area contributed by atoms with Crippen molar-refractivity contribution in [2.24, 2.45) is 5.41 Å². The van der Waals surface area contributed by atoms with Gasteiger partial charge in [-0.3, -0.25) is 4.68 Å². The molecule has 3 heterocycles. The zero-order valence-electron chi connectivity index (χ0n) is 17.7. The first-order valence-electron chi connectivity index (χ1n) is 10.4. The van der Waals surface area contributed by atoms with Crippen LogP contribution in [0.25, 0.3) is 11.5 Å². The summed E-state index contributed by atoms with van der Waals surface area (Å²) in [5.74, 6) is 0.0420. The fourth-order valence-electron chi connectivity index (χ4n) is 3.80. The smallest absolute Gasteiger partial charge is 0.183 e. The zero-order valence-corrected chi connectivity index (χ0v) is 17.7. The van der Waals surface area contributed by atoms with Gasteiger partial charge < -0.3 is 4.90 Å². The van der Waals surface area contributed by atoms with Gasteiger partial charge in [0.15, 0.2) is 17.5 Å². The number of aromatic nitrogens is 4.